The maximum atomic E-state index is 13.3. The van der Waals surface area contributed by atoms with Crippen LogP contribution >= 0.6 is 0 Å². The molecule has 2 aliphatic rings. The molecule has 1 N–H and O–H groups in total. The molecule has 180 valence electrons. The average Bonchev–Trinajstić information content (AvgIpc) is 3.00. The van der Waals surface area contributed by atoms with E-state index >= 15 is 0 Å². The Kier molecular flexibility index (Phi) is 6.69. The molecule has 1 aliphatic heterocycles. The number of aliphatic hydroxyl groups is 1. The number of hydrogen-bond acceptors (Lipinski definition) is 5. The molecule has 1 fully saturated rings. The number of fused-ring (bicyclic) bond motifs is 1. The number of ketones is 2. The molecule has 1 heterocycles. The highest BCUT2D eigenvalue weighted by atomic mass is 16.5. The van der Waals surface area contributed by atoms with E-state index in [9.17, 15) is 14.7 Å². The molecular formula is C28H38O5. The molecule has 1 aromatic carbocycles. The minimum atomic E-state index is -1.05. The van der Waals surface area contributed by atoms with Crippen molar-refractivity contribution in [2.75, 3.05) is 7.11 Å². The van der Waals surface area contributed by atoms with Gasteiger partial charge in [0.05, 0.1) is 12.7 Å². The van der Waals surface area contributed by atoms with Crippen LogP contribution in [0.25, 0.3) is 6.08 Å². The number of allylic oxidation sites excluding steroid dienone is 1. The molecule has 3 atom stereocenters. The minimum absolute atomic E-state index is 0.0176. The van der Waals surface area contributed by atoms with Crippen molar-refractivity contribution in [1.29, 1.82) is 0 Å². The van der Waals surface area contributed by atoms with Crippen molar-refractivity contribution in [3.05, 3.63) is 41.5 Å². The van der Waals surface area contributed by atoms with E-state index in [4.69, 9.17) is 9.47 Å². The van der Waals surface area contributed by atoms with E-state index in [1.807, 2.05) is 45.1 Å². The van der Waals surface area contributed by atoms with E-state index < -0.39 is 22.0 Å². The van der Waals surface area contributed by atoms with Crippen LogP contribution in [0.2, 0.25) is 0 Å². The molecule has 5 nitrogen and oxygen atoms in total. The van der Waals surface area contributed by atoms with Crippen LogP contribution in [0.4, 0.5) is 0 Å². The number of hydrogen-bond donors (Lipinski definition) is 1. The average molecular weight is 455 g/mol. The van der Waals surface area contributed by atoms with Gasteiger partial charge >= 0.3 is 0 Å². The lowest BCUT2D eigenvalue weighted by atomic mass is 9.62. The number of benzene rings is 1. The molecule has 1 aliphatic carbocycles. The van der Waals surface area contributed by atoms with Crippen LogP contribution in [0.1, 0.15) is 77.8 Å². The molecule has 0 unspecified atom stereocenters. The Labute approximate surface area is 197 Å². The fourth-order valence-corrected chi connectivity index (χ4v) is 5.24. The van der Waals surface area contributed by atoms with E-state index in [0.29, 0.717) is 6.42 Å². The van der Waals surface area contributed by atoms with Crippen LogP contribution in [0.5, 0.6) is 11.5 Å². The third kappa shape index (κ3) is 5.24. The molecule has 3 rings (SSSR count). The van der Waals surface area contributed by atoms with Gasteiger partial charge in [-0.1, -0.05) is 32.4 Å². The lowest BCUT2D eigenvalue weighted by molar-refractivity contribution is -0.132. The summed E-state index contributed by atoms with van der Waals surface area (Å²) >= 11 is 0. The zero-order valence-corrected chi connectivity index (χ0v) is 21.1. The minimum Gasteiger partial charge on any atom is -0.497 e. The second-order valence-electron chi connectivity index (χ2n) is 11.1. The van der Waals surface area contributed by atoms with Crippen LogP contribution in [-0.4, -0.2) is 35.0 Å². The van der Waals surface area contributed by atoms with Gasteiger partial charge in [0, 0.05) is 23.8 Å². The molecule has 33 heavy (non-hydrogen) atoms. The summed E-state index contributed by atoms with van der Waals surface area (Å²) in [5, 5.41) is 9.98. The van der Waals surface area contributed by atoms with E-state index in [0.717, 1.165) is 41.9 Å². The summed E-state index contributed by atoms with van der Waals surface area (Å²) in [6, 6.07) is 3.86. The van der Waals surface area contributed by atoms with Crippen molar-refractivity contribution in [2.45, 2.75) is 84.8 Å². The van der Waals surface area contributed by atoms with Crippen LogP contribution in [0.15, 0.2) is 30.4 Å². The number of Topliss-reactive ketones (excluding diaryl/α,β-unsaturated/α-hetero) is 1. The number of rotatable bonds is 8. The Morgan fingerprint density at radius 2 is 1.88 bits per heavy atom. The van der Waals surface area contributed by atoms with Crippen LogP contribution in [0.3, 0.4) is 0 Å². The van der Waals surface area contributed by atoms with Crippen LogP contribution in [0, 0.1) is 17.8 Å². The molecule has 0 amide bonds. The first-order valence-electron chi connectivity index (χ1n) is 11.7. The molecule has 1 aromatic rings. The standard InChI is InChI=1S/C28H38O5/c1-19-15-22(32-7)16-20-9-14-27(5,33-24(19)20)18-21(29)17-26(4)11-8-12-28(26,6)23(30)10-13-25(2,3)31/h9-10,13-16,31H,8,11-12,17-18H2,1-7H3/t26-,27-,28+/m0/s1. The predicted octanol–water partition coefficient (Wildman–Crippen LogP) is 5.61. The number of carbonyl (C=O) groups is 2. The SMILES string of the molecule is COc1cc(C)c2c(c1)C=C[C@@](C)(CC(=O)C[C@]1(C)CCC[C@]1(C)C(=O)C=CC(C)(C)O)O2. The largest absolute Gasteiger partial charge is 0.497 e. The Morgan fingerprint density at radius 3 is 2.52 bits per heavy atom. The Bertz CT molecular complexity index is 998. The number of ether oxygens (including phenoxy) is 2. The highest BCUT2D eigenvalue weighted by Gasteiger charge is 2.53. The molecule has 1 saturated carbocycles. The molecule has 0 aromatic heterocycles. The van der Waals surface area contributed by atoms with Gasteiger partial charge in [0.25, 0.3) is 0 Å². The quantitative estimate of drug-likeness (QED) is 0.517. The van der Waals surface area contributed by atoms with Crippen molar-refractivity contribution in [2.24, 2.45) is 10.8 Å². The van der Waals surface area contributed by atoms with Gasteiger partial charge in [0.1, 0.15) is 22.9 Å². The summed E-state index contributed by atoms with van der Waals surface area (Å²) < 4.78 is 11.7. The van der Waals surface area contributed by atoms with Crippen molar-refractivity contribution >= 4 is 17.6 Å². The van der Waals surface area contributed by atoms with Gasteiger partial charge in [-0.25, -0.2) is 0 Å². The topological polar surface area (TPSA) is 72.8 Å². The first kappa shape index (κ1) is 25.2. The third-order valence-corrected chi connectivity index (χ3v) is 7.52. The summed E-state index contributed by atoms with van der Waals surface area (Å²) in [7, 11) is 1.64. The number of aryl methyl sites for hydroxylation is 1. The first-order chi connectivity index (χ1) is 15.2. The van der Waals surface area contributed by atoms with Gasteiger partial charge in [-0.3, -0.25) is 9.59 Å². The Balaban J connectivity index is 1.75. The molecule has 0 radical (unpaired) electrons. The van der Waals surface area contributed by atoms with Gasteiger partial charge in [-0.2, -0.15) is 0 Å². The summed E-state index contributed by atoms with van der Waals surface area (Å²) in [5.74, 6) is 1.62. The molecule has 0 bridgehead atoms. The smallest absolute Gasteiger partial charge is 0.161 e. The van der Waals surface area contributed by atoms with Gasteiger partial charge in [-0.05, 0) is 75.8 Å². The summed E-state index contributed by atoms with van der Waals surface area (Å²) in [6.07, 6.45) is 10.0. The zero-order valence-electron chi connectivity index (χ0n) is 21.1. The lowest BCUT2D eigenvalue weighted by Gasteiger charge is -2.40. The number of methoxy groups -OCH3 is 1. The van der Waals surface area contributed by atoms with Gasteiger partial charge < -0.3 is 14.6 Å². The maximum absolute atomic E-state index is 13.3. The second kappa shape index (κ2) is 8.75. The van der Waals surface area contributed by atoms with E-state index in [2.05, 4.69) is 6.92 Å². The first-order valence-corrected chi connectivity index (χ1v) is 11.7. The predicted molar refractivity (Wildman–Crippen MR) is 131 cm³/mol. The molecular weight excluding hydrogens is 416 g/mol. The third-order valence-electron chi connectivity index (χ3n) is 7.52. The van der Waals surface area contributed by atoms with Crippen molar-refractivity contribution < 1.29 is 24.2 Å². The monoisotopic (exact) mass is 454 g/mol. The van der Waals surface area contributed by atoms with Gasteiger partial charge in [0.15, 0.2) is 5.78 Å². The van der Waals surface area contributed by atoms with Crippen LogP contribution < -0.4 is 9.47 Å². The summed E-state index contributed by atoms with van der Waals surface area (Å²) in [5.41, 5.74) is -0.938. The van der Waals surface area contributed by atoms with Crippen molar-refractivity contribution in [3.63, 3.8) is 0 Å². The Hall–Kier alpha value is -2.40. The summed E-state index contributed by atoms with van der Waals surface area (Å²) in [6.45, 7) is 11.2. The normalized spacial score (nSPS) is 29.1. The van der Waals surface area contributed by atoms with Crippen molar-refractivity contribution in [1.82, 2.24) is 0 Å². The van der Waals surface area contributed by atoms with Crippen LogP contribution in [-0.2, 0) is 9.59 Å². The highest BCUT2D eigenvalue weighted by Crippen LogP contribution is 2.56. The maximum Gasteiger partial charge on any atom is 0.161 e. The number of carbonyl (C=O) groups excluding carboxylic acids is 2. The van der Waals surface area contributed by atoms with E-state index in [-0.39, 0.29) is 18.0 Å². The van der Waals surface area contributed by atoms with E-state index in [1.165, 1.54) is 12.2 Å². The molecule has 5 heteroatoms. The fraction of sp³-hybridized carbons (Fsp3) is 0.571. The molecule has 0 saturated heterocycles. The van der Waals surface area contributed by atoms with E-state index in [1.54, 1.807) is 21.0 Å². The highest BCUT2D eigenvalue weighted by molar-refractivity contribution is 5.96. The zero-order chi connectivity index (χ0) is 24.7. The Morgan fingerprint density at radius 1 is 1.18 bits per heavy atom. The fourth-order valence-electron chi connectivity index (χ4n) is 5.24. The summed E-state index contributed by atoms with van der Waals surface area (Å²) in [4.78, 5) is 26.4. The molecule has 0 spiro atoms. The van der Waals surface area contributed by atoms with Gasteiger partial charge in [0.2, 0.25) is 0 Å². The van der Waals surface area contributed by atoms with Crippen molar-refractivity contribution in [3.8, 4) is 11.5 Å². The lowest BCUT2D eigenvalue weighted by Crippen LogP contribution is -2.42. The van der Waals surface area contributed by atoms with Gasteiger partial charge in [-0.15, -0.1) is 0 Å². The second-order valence-corrected chi connectivity index (χ2v) is 11.1.